The molecule has 15 nitrogen and oxygen atoms in total. The minimum absolute atomic E-state index is 0.00628. The van der Waals surface area contributed by atoms with Gasteiger partial charge in [0.15, 0.2) is 0 Å². The largest absolute Gasteiger partial charge is 0.423 e. The number of anilines is 3. The number of carbonyl (C=O) groups excluding carboxylic acids is 3. The second kappa shape index (κ2) is 17.2. The number of nitrogens with zero attached hydrogens (tertiary/aromatic N) is 5. The highest BCUT2D eigenvalue weighted by Crippen LogP contribution is 2.31. The third kappa shape index (κ3) is 11.6. The number of unbranched alkanes of at least 4 members (excludes halogenated alkanes) is 3. The zero-order valence-corrected chi connectivity index (χ0v) is 24.9. The van der Waals surface area contributed by atoms with Gasteiger partial charge in [-0.05, 0) is 19.8 Å². The Morgan fingerprint density at radius 2 is 1.64 bits per heavy atom. The molecule has 0 aliphatic carbocycles. The van der Waals surface area contributed by atoms with Crippen LogP contribution >= 0.6 is 0 Å². The number of H-pyrrole nitrogens is 1. The summed E-state index contributed by atoms with van der Waals surface area (Å²) in [6.07, 6.45) is 2.60. The van der Waals surface area contributed by atoms with Crippen LogP contribution in [-0.2, 0) is 25.3 Å². The van der Waals surface area contributed by atoms with Crippen molar-refractivity contribution < 1.29 is 37.5 Å². The van der Waals surface area contributed by atoms with Gasteiger partial charge in [0, 0.05) is 45.1 Å². The molecule has 2 aromatic rings. The summed E-state index contributed by atoms with van der Waals surface area (Å²) in [6, 6.07) is -0.585. The molecule has 0 unspecified atom stereocenters. The van der Waals surface area contributed by atoms with Crippen molar-refractivity contribution in [3.8, 4) is 0 Å². The molecule has 18 heteroatoms. The number of alkyl halides is 3. The van der Waals surface area contributed by atoms with Crippen molar-refractivity contribution in [2.45, 2.75) is 64.1 Å². The third-order valence-electron chi connectivity index (χ3n) is 6.89. The van der Waals surface area contributed by atoms with Crippen LogP contribution in [0.5, 0.6) is 0 Å². The molecule has 3 rings (SSSR count). The van der Waals surface area contributed by atoms with Gasteiger partial charge in [-0.25, -0.2) is 20.5 Å². The van der Waals surface area contributed by atoms with Crippen LogP contribution in [0.15, 0.2) is 23.4 Å². The number of amides is 3. The molecule has 1 saturated heterocycles. The predicted molar refractivity (Wildman–Crippen MR) is 155 cm³/mol. The Kier molecular flexibility index (Phi) is 13.5. The number of aromatic amines is 1. The van der Waals surface area contributed by atoms with Crippen LogP contribution in [0.1, 0.15) is 57.4 Å². The van der Waals surface area contributed by atoms with Crippen LogP contribution in [0.3, 0.4) is 0 Å². The molecule has 2 aromatic heterocycles. The summed E-state index contributed by atoms with van der Waals surface area (Å²) in [7, 11) is 0. The van der Waals surface area contributed by atoms with Crippen LogP contribution in [0.4, 0.5) is 30.5 Å². The van der Waals surface area contributed by atoms with Gasteiger partial charge in [0.2, 0.25) is 23.7 Å². The second-order valence-electron chi connectivity index (χ2n) is 10.5. The van der Waals surface area contributed by atoms with Gasteiger partial charge in [-0.3, -0.25) is 24.4 Å². The van der Waals surface area contributed by atoms with Crippen LogP contribution in [0.2, 0.25) is 0 Å². The molecule has 0 aromatic carbocycles. The Bertz CT molecular complexity index is 1320. The van der Waals surface area contributed by atoms with E-state index in [2.05, 4.69) is 25.7 Å². The Labute approximate surface area is 256 Å². The maximum atomic E-state index is 13.2. The molecule has 0 radical (unpaired) electrons. The highest BCUT2D eigenvalue weighted by molar-refractivity contribution is 5.90. The highest BCUT2D eigenvalue weighted by atomic mass is 19.4. The van der Waals surface area contributed by atoms with Gasteiger partial charge in [0.25, 0.3) is 5.56 Å². The summed E-state index contributed by atoms with van der Waals surface area (Å²) in [5.74, 6) is -0.238. The molecule has 0 bridgehead atoms. The van der Waals surface area contributed by atoms with E-state index in [-0.39, 0.29) is 37.9 Å². The molecule has 0 spiro atoms. The molecular weight excluding hydrogens is 603 g/mol. The molecule has 0 saturated carbocycles. The molecule has 1 fully saturated rings. The Hall–Kier alpha value is -4.32. The first-order chi connectivity index (χ1) is 21.5. The Morgan fingerprint density at radius 3 is 2.27 bits per heavy atom. The van der Waals surface area contributed by atoms with Gasteiger partial charge in [-0.2, -0.15) is 18.3 Å². The summed E-state index contributed by atoms with van der Waals surface area (Å²) in [4.78, 5) is 59.6. The fourth-order valence-corrected chi connectivity index (χ4v) is 4.58. The minimum Gasteiger partial charge on any atom is -0.379 e. The average molecular weight is 642 g/mol. The number of hydroxylamine groups is 1. The maximum Gasteiger partial charge on any atom is 0.423 e. The van der Waals surface area contributed by atoms with Crippen molar-refractivity contribution in [1.29, 1.82) is 0 Å². The van der Waals surface area contributed by atoms with Gasteiger partial charge >= 0.3 is 6.18 Å². The highest BCUT2D eigenvalue weighted by Gasteiger charge is 2.37. The lowest BCUT2D eigenvalue weighted by atomic mass is 10.1. The first kappa shape index (κ1) is 35.2. The van der Waals surface area contributed by atoms with Crippen LogP contribution < -0.4 is 26.6 Å². The summed E-state index contributed by atoms with van der Waals surface area (Å²) in [5.41, 5.74) is -1.11. The molecule has 248 valence electrons. The lowest BCUT2D eigenvalue weighted by Gasteiger charge is -2.34. The lowest BCUT2D eigenvalue weighted by molar-refractivity contribution is -0.138. The van der Waals surface area contributed by atoms with Crippen LogP contribution in [0.25, 0.3) is 0 Å². The Morgan fingerprint density at radius 1 is 1.00 bits per heavy atom. The smallest absolute Gasteiger partial charge is 0.379 e. The van der Waals surface area contributed by atoms with Crippen molar-refractivity contribution in [2.75, 3.05) is 54.9 Å². The van der Waals surface area contributed by atoms with E-state index in [4.69, 9.17) is 9.94 Å². The second-order valence-corrected chi connectivity index (χ2v) is 10.5. The minimum atomic E-state index is -4.85. The fourth-order valence-electron chi connectivity index (χ4n) is 4.58. The summed E-state index contributed by atoms with van der Waals surface area (Å²) in [6.45, 7) is 3.56. The number of rotatable bonds is 16. The summed E-state index contributed by atoms with van der Waals surface area (Å²) in [5, 5.41) is 19.0. The number of hydrogen-bond acceptors (Lipinski definition) is 11. The topological polar surface area (TPSA) is 195 Å². The van der Waals surface area contributed by atoms with E-state index >= 15 is 0 Å². The first-order valence-corrected chi connectivity index (χ1v) is 14.5. The van der Waals surface area contributed by atoms with E-state index in [1.165, 1.54) is 12.4 Å². The van der Waals surface area contributed by atoms with Crippen LogP contribution in [-0.4, -0.2) is 93.4 Å². The number of ether oxygens (including phenoxy) is 1. The number of aromatic nitrogens is 4. The monoisotopic (exact) mass is 641 g/mol. The van der Waals surface area contributed by atoms with E-state index in [1.54, 1.807) is 22.4 Å². The summed E-state index contributed by atoms with van der Waals surface area (Å²) < 4.78 is 45.1. The van der Waals surface area contributed by atoms with E-state index in [9.17, 15) is 32.3 Å². The van der Waals surface area contributed by atoms with E-state index in [0.29, 0.717) is 57.1 Å². The molecule has 3 heterocycles. The molecule has 1 atom stereocenters. The predicted octanol–water partition coefficient (Wildman–Crippen LogP) is 1.92. The molecule has 1 aliphatic rings. The standard InChI is InChI=1S/C27H38F3N9O6/c1-18(34-20-16-33-36-25(43)24(20)27(28,29)30)17-45-13-8-23(42)38-9-11-39(12-10-38)26-31-14-19(15-32-26)35-21(40)6-4-2-3-5-7-22(41)37-44/h14-16,18,44H,2-13,17H2,1H3,(H,35,40)(H,37,41)(H2,34,36,43)/t18-/m0/s1. The summed E-state index contributed by atoms with van der Waals surface area (Å²) >= 11 is 0. The van der Waals surface area contributed by atoms with E-state index in [0.717, 1.165) is 19.0 Å². The van der Waals surface area contributed by atoms with Gasteiger partial charge in [-0.15, -0.1) is 0 Å². The van der Waals surface area contributed by atoms with Gasteiger partial charge in [-0.1, -0.05) is 12.8 Å². The fraction of sp³-hybridized carbons (Fsp3) is 0.593. The average Bonchev–Trinajstić information content (AvgIpc) is 3.00. The quantitative estimate of drug-likeness (QED) is 0.102. The molecule has 1 aliphatic heterocycles. The first-order valence-electron chi connectivity index (χ1n) is 14.5. The van der Waals surface area contributed by atoms with E-state index in [1.807, 2.05) is 4.90 Å². The van der Waals surface area contributed by atoms with Crippen molar-refractivity contribution in [2.24, 2.45) is 0 Å². The van der Waals surface area contributed by atoms with Crippen molar-refractivity contribution in [1.82, 2.24) is 30.5 Å². The zero-order chi connectivity index (χ0) is 32.8. The van der Waals surface area contributed by atoms with Gasteiger partial charge in [0.1, 0.15) is 5.56 Å². The molecule has 5 N–H and O–H groups in total. The number of hydrogen-bond donors (Lipinski definition) is 5. The SMILES string of the molecule is C[C@@H](COCCC(=O)N1CCN(c2ncc(NC(=O)CCCCCCC(=O)NO)cn2)CC1)Nc1cn[nH]c(=O)c1C(F)(F)F. The number of piperazine rings is 1. The zero-order valence-electron chi connectivity index (χ0n) is 24.9. The van der Waals surface area contributed by atoms with Gasteiger partial charge in [0.05, 0.1) is 49.6 Å². The molecule has 45 heavy (non-hydrogen) atoms. The van der Waals surface area contributed by atoms with Crippen molar-refractivity contribution >= 4 is 35.0 Å². The number of nitrogens with one attached hydrogen (secondary N) is 4. The van der Waals surface area contributed by atoms with Crippen molar-refractivity contribution in [3.05, 3.63) is 34.5 Å². The van der Waals surface area contributed by atoms with Gasteiger partial charge < -0.3 is 25.2 Å². The maximum absolute atomic E-state index is 13.2. The normalized spacial score (nSPS) is 14.2. The Balaban J connectivity index is 1.31. The number of halogens is 3. The van der Waals surface area contributed by atoms with E-state index < -0.39 is 34.9 Å². The lowest BCUT2D eigenvalue weighted by Crippen LogP contribution is -2.49. The van der Waals surface area contributed by atoms with Crippen LogP contribution in [0, 0.1) is 0 Å². The molecular formula is C27H38F3N9O6. The van der Waals surface area contributed by atoms with Crippen molar-refractivity contribution in [3.63, 3.8) is 0 Å². The number of carbonyl (C=O) groups is 3. The molecule has 3 amide bonds. The third-order valence-corrected chi connectivity index (χ3v) is 6.89.